The summed E-state index contributed by atoms with van der Waals surface area (Å²) in [4.78, 5) is 133. The molecule has 18 saturated carbocycles. The minimum absolute atomic E-state index is 0.00904. The topological polar surface area (TPSA) is 362 Å². The van der Waals surface area contributed by atoms with Crippen LogP contribution in [0.25, 0.3) is 0 Å². The highest BCUT2D eigenvalue weighted by atomic mass is 32.2. The molecule has 12 atom stereocenters. The van der Waals surface area contributed by atoms with Crippen LogP contribution < -0.4 is 0 Å². The van der Waals surface area contributed by atoms with E-state index >= 15 is 0 Å². The van der Waals surface area contributed by atoms with Crippen LogP contribution >= 0.6 is 0 Å². The van der Waals surface area contributed by atoms with Crippen molar-refractivity contribution < 1.29 is 127 Å². The van der Waals surface area contributed by atoms with Gasteiger partial charge in [-0.15, -0.1) is 0 Å². The Bertz CT molecular complexity index is 4290. The molecule has 134 heavy (non-hydrogen) atoms. The van der Waals surface area contributed by atoms with Gasteiger partial charge in [-0.3, -0.25) is 47.3 Å². The van der Waals surface area contributed by atoms with E-state index in [4.69, 9.17) is 61.0 Å². The number of hydrogen-bond acceptors (Lipinski definition) is 27. The van der Waals surface area contributed by atoms with E-state index < -0.39 is 116 Å². The van der Waals surface area contributed by atoms with Crippen molar-refractivity contribution in [2.24, 2.45) is 139 Å². The molecule has 0 spiro atoms. The monoisotopic (exact) mass is 1900 g/mol. The van der Waals surface area contributed by atoms with Crippen molar-refractivity contribution >= 4 is 75.8 Å². The van der Waals surface area contributed by atoms with E-state index in [-0.39, 0.29) is 119 Å². The zero-order chi connectivity index (χ0) is 98.1. The fourth-order valence-electron chi connectivity index (χ4n) is 27.8. The second-order valence-corrected chi connectivity index (χ2v) is 50.9. The molecule has 0 aromatic carbocycles. The van der Waals surface area contributed by atoms with Crippen LogP contribution in [-0.4, -0.2) is 175 Å². The highest BCUT2D eigenvalue weighted by molar-refractivity contribution is 7.87. The summed E-state index contributed by atoms with van der Waals surface area (Å²) < 4.78 is 95.3. The molecule has 0 aromatic rings. The van der Waals surface area contributed by atoms with Crippen LogP contribution in [0.3, 0.4) is 0 Å². The first-order chi connectivity index (χ1) is 62.6. The maximum Gasteiger partial charge on any atom is 0.344 e. The molecule has 4 aliphatic heterocycles. The van der Waals surface area contributed by atoms with Crippen molar-refractivity contribution in [2.45, 2.75) is 434 Å². The number of hydrogen-bond donors (Lipinski definition) is 1. The van der Waals surface area contributed by atoms with Gasteiger partial charge in [-0.1, -0.05) is 62.3 Å². The average Bonchev–Trinajstić information content (AvgIpc) is 1.67. The molecule has 18 aliphatic carbocycles. The molecule has 4 heterocycles. The van der Waals surface area contributed by atoms with Gasteiger partial charge in [0, 0.05) is 18.3 Å². The summed E-state index contributed by atoms with van der Waals surface area (Å²) in [5, 5.41) is 10.2. The maximum absolute atomic E-state index is 12.8. The van der Waals surface area contributed by atoms with Gasteiger partial charge in [0.15, 0.2) is 25.4 Å². The number of carbonyl (C=O) groups excluding carboxylic acids is 11. The van der Waals surface area contributed by atoms with Gasteiger partial charge >= 0.3 is 65.7 Å². The van der Waals surface area contributed by atoms with Crippen LogP contribution in [0.2, 0.25) is 0 Å². The number of aliphatic hydroxyl groups is 1. The Morgan fingerprint density at radius 1 is 0.418 bits per heavy atom. The molecule has 758 valence electrons. The van der Waals surface area contributed by atoms with E-state index in [1.807, 2.05) is 83.1 Å². The van der Waals surface area contributed by atoms with Gasteiger partial charge in [0.25, 0.3) is 10.1 Å². The Hall–Kier alpha value is -6.00. The van der Waals surface area contributed by atoms with E-state index in [2.05, 4.69) is 41.5 Å². The highest BCUT2D eigenvalue weighted by Gasteiger charge is 2.69. The lowest BCUT2D eigenvalue weighted by molar-refractivity contribution is -0.231. The molecule has 22 fully saturated rings. The average molecular weight is 1900 g/mol. The Labute approximate surface area is 798 Å². The smallest absolute Gasteiger partial charge is 0.344 e. The molecule has 0 aromatic heterocycles. The first-order valence-corrected chi connectivity index (χ1v) is 53.5. The fourth-order valence-corrected chi connectivity index (χ4v) is 29.6. The second-order valence-electron chi connectivity index (χ2n) is 49.1. The van der Waals surface area contributed by atoms with Gasteiger partial charge in [0.05, 0.1) is 68.2 Å². The quantitative estimate of drug-likeness (QED) is 0.0302. The molecule has 0 amide bonds. The lowest BCUT2D eigenvalue weighted by Gasteiger charge is -2.62. The minimum atomic E-state index is -3.56. The van der Waals surface area contributed by atoms with E-state index in [1.54, 1.807) is 27.7 Å². The van der Waals surface area contributed by atoms with E-state index in [1.165, 1.54) is 77.0 Å². The SMILES string of the molecule is CCC(C)(C)C(=O)OC1(C(C)C)C2CC3CC(C2)CC1C3.CCC(C)(C)C(=O)OC1(CC)C2CC3CC(C2)CC1C3.CCC(C)(C)C(=O)OC12CC3CC(CC(O)(C3)C1)C2.CCC(C)(C)C(=O)OC1C2CC3C(=O)OC1C3O2.CCC(C)(C)C(=O)OCC(=O)OCC(=O)OC1(C)C2CC3CC(C2)CC1C3.CCC(C)(C)C(=O)OCCOC(=O)CCC(=O)OC1C2CC3C1OS(=O)(=O)C3C2. The lowest BCUT2D eigenvalue weighted by atomic mass is 9.47. The molecule has 22 rings (SSSR count). The van der Waals surface area contributed by atoms with Crippen molar-refractivity contribution in [3.8, 4) is 0 Å². The molecule has 12 unspecified atom stereocenters. The molecule has 0 radical (unpaired) electrons. The number of carbonyl (C=O) groups is 11. The van der Waals surface area contributed by atoms with Crippen LogP contribution in [0, 0.1) is 139 Å². The van der Waals surface area contributed by atoms with Crippen molar-refractivity contribution in [2.75, 3.05) is 26.4 Å². The van der Waals surface area contributed by atoms with Gasteiger partial charge in [-0.05, 0) is 371 Å². The van der Waals surface area contributed by atoms with Crippen molar-refractivity contribution in [3.05, 3.63) is 0 Å². The molecule has 27 nitrogen and oxygen atoms in total. The van der Waals surface area contributed by atoms with Crippen LogP contribution in [0.1, 0.15) is 364 Å². The molecular formula is C106H166O27S. The Balaban J connectivity index is 0.000000137. The van der Waals surface area contributed by atoms with Gasteiger partial charge < -0.3 is 61.9 Å². The fraction of sp³-hybridized carbons (Fsp3) is 0.896. The number of ether oxygens (including phenoxy) is 12. The van der Waals surface area contributed by atoms with Crippen molar-refractivity contribution in [3.63, 3.8) is 0 Å². The van der Waals surface area contributed by atoms with E-state index in [0.717, 1.165) is 113 Å². The molecule has 1 N–H and O–H groups in total. The third-order valence-corrected chi connectivity index (χ3v) is 39.2. The summed E-state index contributed by atoms with van der Waals surface area (Å²) in [5.41, 5.74) is -4.49. The third-order valence-electron chi connectivity index (χ3n) is 37.4. The van der Waals surface area contributed by atoms with Gasteiger partial charge in [-0.25, -0.2) is 9.59 Å². The van der Waals surface area contributed by atoms with Crippen LogP contribution in [-0.2, 0) is 124 Å². The van der Waals surface area contributed by atoms with Crippen LogP contribution in [0.4, 0.5) is 0 Å². The summed E-state index contributed by atoms with van der Waals surface area (Å²) in [5.74, 6) is 6.21. The largest absolute Gasteiger partial charge is 0.462 e. The van der Waals surface area contributed by atoms with E-state index in [9.17, 15) is 66.3 Å². The van der Waals surface area contributed by atoms with Gasteiger partial charge in [-0.2, -0.15) is 8.42 Å². The summed E-state index contributed by atoms with van der Waals surface area (Å²) in [6.45, 7) is 42.4. The summed E-state index contributed by atoms with van der Waals surface area (Å²) in [6, 6.07) is 0. The first-order valence-electron chi connectivity index (χ1n) is 52.1. The van der Waals surface area contributed by atoms with Crippen molar-refractivity contribution in [1.82, 2.24) is 0 Å². The summed E-state index contributed by atoms with van der Waals surface area (Å²) >= 11 is 0. The predicted molar refractivity (Wildman–Crippen MR) is 495 cm³/mol. The molecule has 28 heteroatoms. The van der Waals surface area contributed by atoms with Crippen molar-refractivity contribution in [1.29, 1.82) is 0 Å². The van der Waals surface area contributed by atoms with Crippen LogP contribution in [0.15, 0.2) is 0 Å². The summed E-state index contributed by atoms with van der Waals surface area (Å²) in [6.07, 6.45) is 29.4. The first kappa shape index (κ1) is 105. The lowest BCUT2D eigenvalue weighted by Crippen LogP contribution is -2.63. The Morgan fingerprint density at radius 3 is 1.32 bits per heavy atom. The Morgan fingerprint density at radius 2 is 0.843 bits per heavy atom. The van der Waals surface area contributed by atoms with Gasteiger partial charge in [0.1, 0.15) is 53.9 Å². The predicted octanol–water partition coefficient (Wildman–Crippen LogP) is 18.1. The van der Waals surface area contributed by atoms with E-state index in [0.29, 0.717) is 98.2 Å². The van der Waals surface area contributed by atoms with Crippen LogP contribution in [0.5, 0.6) is 0 Å². The van der Waals surface area contributed by atoms with Gasteiger partial charge in [0.2, 0.25) is 0 Å². The third kappa shape index (κ3) is 21.9. The highest BCUT2D eigenvalue weighted by Crippen LogP contribution is 2.66. The second kappa shape index (κ2) is 40.2. The zero-order valence-corrected chi connectivity index (χ0v) is 85.9. The molecule has 4 saturated heterocycles. The number of fused-ring (bicyclic) bond motifs is 2. The normalized spacial score (nSPS) is 38.4. The summed E-state index contributed by atoms with van der Waals surface area (Å²) in [7, 11) is -3.56. The number of rotatable bonds is 30. The minimum Gasteiger partial charge on any atom is -0.462 e. The molecular weight excluding hydrogens is 1740 g/mol. The zero-order valence-electron chi connectivity index (χ0n) is 85.1. The standard InChI is InChI=1S/C21H32O6.C19H28O9S.C19H32O2.C18H30O2.C16H26O3.C13H18O5/c1-5-20(2,3)19(24)26-11-17(22)25-12-18(23)27-21(4)15-7-13-6-14(9-15)10-16(21)8-13;1-4-19(2,3)18(22)26-8-7-25-14(20)5-6-15(21)27-16-11-9-12-13(10-11)29(23,24)28-17(12)16;1-6-18(4,5)17(20)21-19(12(2)3)15-8-13-7-14(10-15)11-16(19)9-13;1-5-17(3,4)16(19)20-18(6-2)14-8-12-7-13(10-14)11-15(18)9-12;1-4-14(2,3)13(17)19-16-8-11-5-12(9-16)7-15(18,6-11)10-16;1-4-13(2,3)12(15)18-9-7-5-6-8(16-7)10(9)17-11(6)14/h13-16H,5-12H2,1-4H3;11-13,16-17H,4-10H2,1-3H3;12-16H,6-11H2,1-5H3;12-15H,5-11H2,1-4H3;11-12,18H,4-10H2,1-3H3;6-10H,4-5H2,1-3H3. The molecule has 20 bridgehead atoms. The maximum atomic E-state index is 12.8. The number of esters is 11. The molecule has 22 aliphatic rings. The Kier molecular flexibility index (Phi) is 31.6.